The zero-order valence-electron chi connectivity index (χ0n) is 6.90. The predicted molar refractivity (Wildman–Crippen MR) is 42.0 cm³/mol. The monoisotopic (exact) mass is 164 g/mol. The van der Waals surface area contributed by atoms with Gasteiger partial charge in [0.2, 0.25) is 0 Å². The molecule has 0 aromatic rings. The molecule has 0 fully saturated rings. The van der Waals surface area contributed by atoms with Gasteiger partial charge in [0.15, 0.2) is 6.29 Å². The zero-order chi connectivity index (χ0) is 9.28. The molecular formula is C7H16O4. The molecule has 0 aliphatic carbocycles. The van der Waals surface area contributed by atoms with Crippen LogP contribution in [-0.2, 0) is 4.74 Å². The van der Waals surface area contributed by atoms with Crippen LogP contribution in [0.5, 0.6) is 0 Å². The Morgan fingerprint density at radius 1 is 1.55 bits per heavy atom. The Labute approximate surface area is 66.7 Å². The summed E-state index contributed by atoms with van der Waals surface area (Å²) < 4.78 is 4.25. The van der Waals surface area contributed by atoms with Crippen LogP contribution < -0.4 is 0 Å². The topological polar surface area (TPSA) is 69.9 Å². The lowest BCUT2D eigenvalue weighted by Gasteiger charge is -2.12. The summed E-state index contributed by atoms with van der Waals surface area (Å²) in [4.78, 5) is 0. The minimum Gasteiger partial charge on any atom is -0.393 e. The first kappa shape index (κ1) is 13.2. The second-order valence-electron chi connectivity index (χ2n) is 1.78. The molecule has 3 N–H and O–H groups in total. The van der Waals surface area contributed by atoms with Gasteiger partial charge in [-0.25, -0.2) is 0 Å². The summed E-state index contributed by atoms with van der Waals surface area (Å²) in [5.41, 5.74) is 0. The van der Waals surface area contributed by atoms with Crippen molar-refractivity contribution in [2.75, 3.05) is 13.7 Å². The minimum absolute atomic E-state index is 0.491. The lowest BCUT2D eigenvalue weighted by Crippen LogP contribution is -2.30. The highest BCUT2D eigenvalue weighted by molar-refractivity contribution is 4.53. The molecule has 4 heteroatoms. The molecule has 0 aromatic carbocycles. The van der Waals surface area contributed by atoms with Gasteiger partial charge in [-0.15, -0.1) is 6.58 Å². The van der Waals surface area contributed by atoms with Gasteiger partial charge in [-0.1, -0.05) is 6.08 Å². The lowest BCUT2D eigenvalue weighted by atomic mass is 10.4. The van der Waals surface area contributed by atoms with Crippen molar-refractivity contribution in [3.05, 3.63) is 12.7 Å². The van der Waals surface area contributed by atoms with Crippen molar-refractivity contribution in [3.8, 4) is 0 Å². The highest BCUT2D eigenvalue weighted by Gasteiger charge is 2.12. The summed E-state index contributed by atoms with van der Waals surface area (Å²) in [6.07, 6.45) is -0.722. The smallest absolute Gasteiger partial charge is 0.182 e. The maximum atomic E-state index is 8.50. The van der Waals surface area contributed by atoms with E-state index in [1.165, 1.54) is 7.11 Å². The molecule has 0 heterocycles. The Bertz CT molecular complexity index is 76.5. The predicted octanol–water partition coefficient (Wildman–Crippen LogP) is -0.503. The fourth-order valence-electron chi connectivity index (χ4n) is 0.247. The second-order valence-corrected chi connectivity index (χ2v) is 1.78. The fraction of sp³-hybridized carbons (Fsp3) is 0.714. The van der Waals surface area contributed by atoms with E-state index in [1.54, 1.807) is 6.08 Å². The van der Waals surface area contributed by atoms with Gasteiger partial charge in [-0.2, -0.15) is 0 Å². The van der Waals surface area contributed by atoms with Crippen LogP contribution in [0.3, 0.4) is 0 Å². The average Bonchev–Trinajstić information content (AvgIpc) is 2.03. The molecule has 0 saturated heterocycles. The van der Waals surface area contributed by atoms with E-state index in [1.807, 2.05) is 6.92 Å². The molecular weight excluding hydrogens is 148 g/mol. The van der Waals surface area contributed by atoms with Crippen molar-refractivity contribution >= 4 is 0 Å². The van der Waals surface area contributed by atoms with Crippen molar-refractivity contribution in [2.24, 2.45) is 0 Å². The van der Waals surface area contributed by atoms with Crippen LogP contribution in [0.25, 0.3) is 0 Å². The lowest BCUT2D eigenvalue weighted by molar-refractivity contribution is -0.154. The molecule has 0 aliphatic heterocycles. The van der Waals surface area contributed by atoms with Crippen molar-refractivity contribution < 1.29 is 20.1 Å². The molecule has 4 nitrogen and oxygen atoms in total. The second kappa shape index (κ2) is 9.58. The Hall–Kier alpha value is -0.420. The van der Waals surface area contributed by atoms with E-state index in [4.69, 9.17) is 15.3 Å². The Morgan fingerprint density at radius 3 is 2.00 bits per heavy atom. The number of hydrogen-bond acceptors (Lipinski definition) is 4. The van der Waals surface area contributed by atoms with E-state index in [0.29, 0.717) is 0 Å². The third kappa shape index (κ3) is 9.58. The largest absolute Gasteiger partial charge is 0.393 e. The molecule has 11 heavy (non-hydrogen) atoms. The SMILES string of the molecule is C=CC.COC(O)C(O)CO. The third-order valence-electron chi connectivity index (χ3n) is 0.758. The fourth-order valence-corrected chi connectivity index (χ4v) is 0.247. The summed E-state index contributed by atoms with van der Waals surface area (Å²) in [7, 11) is 1.24. The summed E-state index contributed by atoms with van der Waals surface area (Å²) in [6, 6.07) is 0. The molecule has 0 aromatic heterocycles. The van der Waals surface area contributed by atoms with Crippen LogP contribution in [0.2, 0.25) is 0 Å². The van der Waals surface area contributed by atoms with E-state index in [2.05, 4.69) is 11.3 Å². The van der Waals surface area contributed by atoms with E-state index in [9.17, 15) is 0 Å². The van der Waals surface area contributed by atoms with Crippen LogP contribution in [0.4, 0.5) is 0 Å². The maximum absolute atomic E-state index is 8.50. The van der Waals surface area contributed by atoms with Gasteiger partial charge in [-0.3, -0.25) is 0 Å². The minimum atomic E-state index is -1.28. The number of aliphatic hydroxyl groups excluding tert-OH is 3. The molecule has 68 valence electrons. The average molecular weight is 164 g/mol. The van der Waals surface area contributed by atoms with Gasteiger partial charge >= 0.3 is 0 Å². The van der Waals surface area contributed by atoms with Gasteiger partial charge < -0.3 is 20.1 Å². The standard InChI is InChI=1S/C4H10O4.C3H6/c1-8-4(7)3(6)2-5;1-3-2/h3-7H,2H2,1H3;3H,1H2,2H3. The first-order valence-electron chi connectivity index (χ1n) is 3.20. The van der Waals surface area contributed by atoms with E-state index in [-0.39, 0.29) is 0 Å². The van der Waals surface area contributed by atoms with Crippen molar-refractivity contribution in [1.82, 2.24) is 0 Å². The molecule has 0 amide bonds. The van der Waals surface area contributed by atoms with Crippen LogP contribution >= 0.6 is 0 Å². The van der Waals surface area contributed by atoms with Crippen LogP contribution in [0, 0.1) is 0 Å². The number of hydrogen-bond donors (Lipinski definition) is 3. The van der Waals surface area contributed by atoms with E-state index >= 15 is 0 Å². The zero-order valence-corrected chi connectivity index (χ0v) is 6.90. The molecule has 0 radical (unpaired) electrons. The normalized spacial score (nSPS) is 14.3. The third-order valence-corrected chi connectivity index (χ3v) is 0.758. The number of allylic oxidation sites excluding steroid dienone is 1. The molecule has 2 unspecified atom stereocenters. The van der Waals surface area contributed by atoms with Crippen LogP contribution in [0.1, 0.15) is 6.92 Å². The van der Waals surface area contributed by atoms with Gasteiger partial charge in [0.25, 0.3) is 0 Å². The highest BCUT2D eigenvalue weighted by Crippen LogP contribution is 1.90. The number of ether oxygens (including phenoxy) is 1. The maximum Gasteiger partial charge on any atom is 0.182 e. The van der Waals surface area contributed by atoms with Gasteiger partial charge in [-0.05, 0) is 6.92 Å². The molecule has 0 aliphatic rings. The number of rotatable bonds is 3. The van der Waals surface area contributed by atoms with Crippen LogP contribution in [-0.4, -0.2) is 41.4 Å². The molecule has 0 spiro atoms. The van der Waals surface area contributed by atoms with E-state index < -0.39 is 19.0 Å². The molecule has 0 rings (SSSR count). The Morgan fingerprint density at radius 2 is 1.91 bits per heavy atom. The quantitative estimate of drug-likeness (QED) is 0.388. The van der Waals surface area contributed by atoms with Gasteiger partial charge in [0.1, 0.15) is 6.10 Å². The van der Waals surface area contributed by atoms with E-state index in [0.717, 1.165) is 0 Å². The Kier molecular flexibility index (Phi) is 11.5. The summed E-state index contributed by atoms with van der Waals surface area (Å²) >= 11 is 0. The number of aliphatic hydroxyl groups is 3. The summed E-state index contributed by atoms with van der Waals surface area (Å²) in [5.74, 6) is 0. The van der Waals surface area contributed by atoms with Gasteiger partial charge in [0.05, 0.1) is 6.61 Å². The molecule has 0 bridgehead atoms. The van der Waals surface area contributed by atoms with Crippen molar-refractivity contribution in [3.63, 3.8) is 0 Å². The van der Waals surface area contributed by atoms with Crippen molar-refractivity contribution in [2.45, 2.75) is 19.3 Å². The Balaban J connectivity index is 0. The first-order valence-corrected chi connectivity index (χ1v) is 3.20. The summed E-state index contributed by atoms with van der Waals surface area (Å²) in [5, 5.41) is 25.1. The number of methoxy groups -OCH3 is 1. The van der Waals surface area contributed by atoms with Crippen LogP contribution in [0.15, 0.2) is 12.7 Å². The van der Waals surface area contributed by atoms with Gasteiger partial charge in [0, 0.05) is 7.11 Å². The van der Waals surface area contributed by atoms with Crippen molar-refractivity contribution in [1.29, 1.82) is 0 Å². The first-order chi connectivity index (χ1) is 5.13. The molecule has 0 saturated carbocycles. The molecule has 2 atom stereocenters. The summed E-state index contributed by atoms with van der Waals surface area (Å²) in [6.45, 7) is 4.76. The highest BCUT2D eigenvalue weighted by atomic mass is 16.6.